The van der Waals surface area contributed by atoms with Crippen LogP contribution in [0.1, 0.15) is 18.4 Å². The number of carbonyl (C=O) groups excluding carboxylic acids is 1. The van der Waals surface area contributed by atoms with Crippen LogP contribution in [0.2, 0.25) is 0 Å². The second-order valence-corrected chi connectivity index (χ2v) is 7.88. The number of aliphatic hydroxyl groups is 2. The van der Waals surface area contributed by atoms with Gasteiger partial charge in [-0.05, 0) is 55.5 Å². The number of amides is 1. The molecule has 2 fully saturated rings. The van der Waals surface area contributed by atoms with E-state index in [-0.39, 0.29) is 37.4 Å². The van der Waals surface area contributed by atoms with E-state index < -0.39 is 11.6 Å². The first kappa shape index (κ1) is 20.2. The van der Waals surface area contributed by atoms with Crippen LogP contribution in [0.25, 0.3) is 0 Å². The lowest BCUT2D eigenvalue weighted by atomic mass is 9.93. The Bertz CT molecular complexity index is 630. The molecule has 2 N–H and O–H groups in total. The molecule has 2 saturated heterocycles. The van der Waals surface area contributed by atoms with Gasteiger partial charge >= 0.3 is 0 Å². The third kappa shape index (κ3) is 5.24. The van der Waals surface area contributed by atoms with Crippen LogP contribution < -0.4 is 0 Å². The molecule has 7 heteroatoms. The van der Waals surface area contributed by atoms with Crippen LogP contribution in [0.4, 0.5) is 8.78 Å². The van der Waals surface area contributed by atoms with Gasteiger partial charge < -0.3 is 20.0 Å². The second kappa shape index (κ2) is 9.08. The minimum Gasteiger partial charge on any atom is -0.396 e. The summed E-state index contributed by atoms with van der Waals surface area (Å²) in [6.07, 6.45) is 1.91. The standard InChI is InChI=1S/C20H28F2N2O3/c21-18-5-15(6-19(22)8-18)7-20(27)24-10-16(17(11-24)13-26)9-23-3-1-14(12-25)2-4-23/h5-6,8,14,16-17,25-26H,1-4,7,9-13H2/t16-,17-/m1/s1. The minimum atomic E-state index is -0.684. The average Bonchev–Trinajstić information content (AvgIpc) is 3.04. The molecule has 150 valence electrons. The van der Waals surface area contributed by atoms with E-state index in [0.29, 0.717) is 24.6 Å². The van der Waals surface area contributed by atoms with Crippen LogP contribution in [0.5, 0.6) is 0 Å². The van der Waals surface area contributed by atoms with Crippen molar-refractivity contribution in [3.63, 3.8) is 0 Å². The normalized spacial score (nSPS) is 24.5. The van der Waals surface area contributed by atoms with Gasteiger partial charge in [0.25, 0.3) is 0 Å². The Hall–Kier alpha value is -1.57. The minimum absolute atomic E-state index is 0.0220. The molecule has 1 aromatic rings. The molecule has 0 radical (unpaired) electrons. The Labute approximate surface area is 158 Å². The number of hydrogen-bond acceptors (Lipinski definition) is 4. The zero-order chi connectivity index (χ0) is 19.4. The molecular formula is C20H28F2N2O3. The molecule has 0 bridgehead atoms. The van der Waals surface area contributed by atoms with Crippen molar-refractivity contribution >= 4 is 5.91 Å². The topological polar surface area (TPSA) is 64.0 Å². The van der Waals surface area contributed by atoms with Gasteiger partial charge in [-0.25, -0.2) is 8.78 Å². The van der Waals surface area contributed by atoms with Gasteiger partial charge in [-0.3, -0.25) is 4.79 Å². The molecule has 0 unspecified atom stereocenters. The van der Waals surface area contributed by atoms with Crippen LogP contribution in [-0.4, -0.2) is 71.9 Å². The number of halogens is 2. The SMILES string of the molecule is O=C(Cc1cc(F)cc(F)c1)N1C[C@@H](CN2CCC(CO)CC2)[C@@H](CO)C1. The van der Waals surface area contributed by atoms with Gasteiger partial charge in [0.05, 0.1) is 6.42 Å². The Morgan fingerprint density at radius 1 is 1.00 bits per heavy atom. The van der Waals surface area contributed by atoms with Gasteiger partial charge in [-0.2, -0.15) is 0 Å². The predicted molar refractivity (Wildman–Crippen MR) is 97.0 cm³/mol. The van der Waals surface area contributed by atoms with Crippen LogP contribution in [-0.2, 0) is 11.2 Å². The fourth-order valence-corrected chi connectivity index (χ4v) is 4.24. The van der Waals surface area contributed by atoms with E-state index in [4.69, 9.17) is 0 Å². The van der Waals surface area contributed by atoms with Gasteiger partial charge in [0.1, 0.15) is 11.6 Å². The molecule has 0 saturated carbocycles. The molecule has 0 aromatic heterocycles. The van der Waals surface area contributed by atoms with Crippen molar-refractivity contribution in [3.05, 3.63) is 35.4 Å². The summed E-state index contributed by atoms with van der Waals surface area (Å²) in [5.41, 5.74) is 0.326. The monoisotopic (exact) mass is 382 g/mol. The molecule has 1 aromatic carbocycles. The summed E-state index contributed by atoms with van der Waals surface area (Å²) in [6.45, 7) is 3.97. The van der Waals surface area contributed by atoms with Crippen LogP contribution in [0.15, 0.2) is 18.2 Å². The summed E-state index contributed by atoms with van der Waals surface area (Å²) in [7, 11) is 0. The Balaban J connectivity index is 1.56. The number of hydrogen-bond donors (Lipinski definition) is 2. The van der Waals surface area contributed by atoms with Crippen molar-refractivity contribution in [1.29, 1.82) is 0 Å². The first-order valence-corrected chi connectivity index (χ1v) is 9.65. The van der Waals surface area contributed by atoms with Crippen molar-refractivity contribution in [2.75, 3.05) is 45.9 Å². The quantitative estimate of drug-likeness (QED) is 0.778. The number of benzene rings is 1. The molecular weight excluding hydrogens is 354 g/mol. The largest absolute Gasteiger partial charge is 0.396 e. The van der Waals surface area contributed by atoms with E-state index in [9.17, 15) is 23.8 Å². The highest BCUT2D eigenvalue weighted by Gasteiger charge is 2.36. The van der Waals surface area contributed by atoms with E-state index in [1.807, 2.05) is 0 Å². The van der Waals surface area contributed by atoms with Crippen LogP contribution in [0.3, 0.4) is 0 Å². The fraction of sp³-hybridized carbons (Fsp3) is 0.650. The first-order valence-electron chi connectivity index (χ1n) is 9.65. The highest BCUT2D eigenvalue weighted by Crippen LogP contribution is 2.27. The smallest absolute Gasteiger partial charge is 0.227 e. The fourth-order valence-electron chi connectivity index (χ4n) is 4.24. The second-order valence-electron chi connectivity index (χ2n) is 7.88. The van der Waals surface area contributed by atoms with E-state index >= 15 is 0 Å². The van der Waals surface area contributed by atoms with E-state index in [0.717, 1.165) is 38.5 Å². The number of aliphatic hydroxyl groups excluding tert-OH is 2. The number of rotatable bonds is 6. The number of carbonyl (C=O) groups is 1. The highest BCUT2D eigenvalue weighted by molar-refractivity contribution is 5.79. The molecule has 2 atom stereocenters. The lowest BCUT2D eigenvalue weighted by Gasteiger charge is -2.33. The summed E-state index contributed by atoms with van der Waals surface area (Å²) in [5, 5.41) is 19.0. The molecule has 5 nitrogen and oxygen atoms in total. The maximum absolute atomic E-state index is 13.3. The zero-order valence-electron chi connectivity index (χ0n) is 15.5. The van der Waals surface area contributed by atoms with Gasteiger partial charge in [-0.15, -0.1) is 0 Å². The van der Waals surface area contributed by atoms with Crippen LogP contribution >= 0.6 is 0 Å². The summed E-state index contributed by atoms with van der Waals surface area (Å²) in [6, 6.07) is 3.16. The maximum atomic E-state index is 13.3. The first-order chi connectivity index (χ1) is 13.0. The molecule has 27 heavy (non-hydrogen) atoms. The predicted octanol–water partition coefficient (Wildman–Crippen LogP) is 1.28. The number of nitrogens with zero attached hydrogens (tertiary/aromatic N) is 2. The van der Waals surface area contributed by atoms with E-state index in [2.05, 4.69) is 4.90 Å². The molecule has 2 heterocycles. The molecule has 0 aliphatic carbocycles. The van der Waals surface area contributed by atoms with Gasteiger partial charge in [0.2, 0.25) is 5.91 Å². The van der Waals surface area contributed by atoms with Crippen molar-refractivity contribution in [3.8, 4) is 0 Å². The van der Waals surface area contributed by atoms with Crippen molar-refractivity contribution in [2.45, 2.75) is 19.3 Å². The maximum Gasteiger partial charge on any atom is 0.227 e. The molecule has 2 aliphatic rings. The third-order valence-corrected chi connectivity index (χ3v) is 5.90. The van der Waals surface area contributed by atoms with Gasteiger partial charge in [0.15, 0.2) is 0 Å². The Morgan fingerprint density at radius 3 is 2.22 bits per heavy atom. The molecule has 0 spiro atoms. The Kier molecular flexibility index (Phi) is 6.78. The van der Waals surface area contributed by atoms with Crippen molar-refractivity contribution in [1.82, 2.24) is 9.80 Å². The Morgan fingerprint density at radius 2 is 1.63 bits per heavy atom. The summed E-state index contributed by atoms with van der Waals surface area (Å²) in [4.78, 5) is 16.6. The van der Waals surface area contributed by atoms with Crippen molar-refractivity contribution < 1.29 is 23.8 Å². The highest BCUT2D eigenvalue weighted by atomic mass is 19.1. The zero-order valence-corrected chi connectivity index (χ0v) is 15.5. The molecule has 2 aliphatic heterocycles. The number of likely N-dealkylation sites (tertiary alicyclic amines) is 2. The van der Waals surface area contributed by atoms with Gasteiger partial charge in [0, 0.05) is 44.8 Å². The third-order valence-electron chi connectivity index (χ3n) is 5.90. The molecule has 3 rings (SSSR count). The van der Waals surface area contributed by atoms with Crippen LogP contribution in [0, 0.1) is 29.4 Å². The lowest BCUT2D eigenvalue weighted by Crippen LogP contribution is -2.40. The summed E-state index contributed by atoms with van der Waals surface area (Å²) < 4.78 is 26.7. The number of piperidine rings is 1. The van der Waals surface area contributed by atoms with Gasteiger partial charge in [-0.1, -0.05) is 0 Å². The van der Waals surface area contributed by atoms with E-state index in [1.165, 1.54) is 12.1 Å². The lowest BCUT2D eigenvalue weighted by molar-refractivity contribution is -0.129. The average molecular weight is 382 g/mol. The van der Waals surface area contributed by atoms with E-state index in [1.54, 1.807) is 4.90 Å². The molecule has 1 amide bonds. The van der Waals surface area contributed by atoms with Crippen molar-refractivity contribution in [2.24, 2.45) is 17.8 Å². The summed E-state index contributed by atoms with van der Waals surface area (Å²) in [5.74, 6) is -0.945. The summed E-state index contributed by atoms with van der Waals surface area (Å²) >= 11 is 0.